The summed E-state index contributed by atoms with van der Waals surface area (Å²) in [5.74, 6) is -0.0928. The van der Waals surface area contributed by atoms with Crippen LogP contribution in [-0.4, -0.2) is 16.1 Å². The highest BCUT2D eigenvalue weighted by Crippen LogP contribution is 2.40. The number of halogens is 4. The summed E-state index contributed by atoms with van der Waals surface area (Å²) in [5.41, 5.74) is 8.12. The molecule has 0 radical (unpaired) electrons. The van der Waals surface area contributed by atoms with Crippen LogP contribution in [0.25, 0.3) is 10.6 Å². The van der Waals surface area contributed by atoms with Gasteiger partial charge < -0.3 is 11.1 Å². The van der Waals surface area contributed by atoms with Gasteiger partial charge >= 0.3 is 6.18 Å². The number of aromatic nitrogens is 2. The second-order valence-electron chi connectivity index (χ2n) is 9.10. The van der Waals surface area contributed by atoms with E-state index in [0.29, 0.717) is 34.1 Å². The minimum Gasteiger partial charge on any atom is -0.347 e. The summed E-state index contributed by atoms with van der Waals surface area (Å²) in [6.07, 6.45) is 1.02. The Labute approximate surface area is 219 Å². The third-order valence-electron chi connectivity index (χ3n) is 6.42. The van der Waals surface area contributed by atoms with Gasteiger partial charge in [-0.2, -0.15) is 13.2 Å². The molecule has 1 aromatic heterocycles. The number of benzene rings is 2. The number of nitrogens with two attached hydrogens (primary N) is 1. The first-order valence-electron chi connectivity index (χ1n) is 11.8. The predicted octanol–water partition coefficient (Wildman–Crippen LogP) is 6.57. The lowest BCUT2D eigenvalue weighted by atomic mass is 9.83. The van der Waals surface area contributed by atoms with Crippen LogP contribution in [0.15, 0.2) is 42.5 Å². The molecule has 1 heterocycles. The maximum absolute atomic E-state index is 13.7. The number of nitrogens with zero attached hydrogens (tertiary/aromatic N) is 2. The smallest absolute Gasteiger partial charge is 0.347 e. The third-order valence-corrected chi connectivity index (χ3v) is 7.51. The fourth-order valence-corrected chi connectivity index (χ4v) is 5.48. The summed E-state index contributed by atoms with van der Waals surface area (Å²) >= 11 is 1.21. The molecule has 5 nitrogen and oxygen atoms in total. The van der Waals surface area contributed by atoms with Crippen LogP contribution in [0.2, 0.25) is 0 Å². The van der Waals surface area contributed by atoms with E-state index in [-0.39, 0.29) is 24.2 Å². The molecule has 0 aliphatic heterocycles. The van der Waals surface area contributed by atoms with Crippen LogP contribution in [-0.2, 0) is 23.9 Å². The standard InChI is InChI=1S/C26H29F3N4OS.ClH/c1-16(34)31-23(11-17-7-9-18(15-30)10-8-17)25-33-32-24(35-25)21-12-20(19-5-3-2-4-6-19)13-22(14-21)26(27,28)29;/h7-10,12-14,19,23H,2-6,11,15,30H2,1H3,(H,31,34);1H. The van der Waals surface area contributed by atoms with E-state index in [9.17, 15) is 18.0 Å². The Balaban J connectivity index is 0.00000361. The molecule has 1 saturated carbocycles. The van der Waals surface area contributed by atoms with E-state index in [1.165, 1.54) is 24.3 Å². The van der Waals surface area contributed by atoms with Crippen LogP contribution in [0.4, 0.5) is 13.2 Å². The number of carbonyl (C=O) groups excluding carboxylic acids is 1. The number of rotatable bonds is 7. The Bertz CT molecular complexity index is 1160. The van der Waals surface area contributed by atoms with Gasteiger partial charge in [-0.15, -0.1) is 22.6 Å². The highest BCUT2D eigenvalue weighted by molar-refractivity contribution is 7.14. The summed E-state index contributed by atoms with van der Waals surface area (Å²) < 4.78 is 41.1. The minimum absolute atomic E-state index is 0. The van der Waals surface area contributed by atoms with E-state index in [2.05, 4.69) is 15.5 Å². The lowest BCUT2D eigenvalue weighted by Gasteiger charge is -2.23. The van der Waals surface area contributed by atoms with Crippen LogP contribution in [0.3, 0.4) is 0 Å². The topological polar surface area (TPSA) is 80.9 Å². The molecule has 194 valence electrons. The number of carbonyl (C=O) groups is 1. The molecule has 1 amide bonds. The van der Waals surface area contributed by atoms with Crippen LogP contribution in [0, 0.1) is 0 Å². The van der Waals surface area contributed by atoms with Gasteiger partial charge in [-0.1, -0.05) is 54.9 Å². The summed E-state index contributed by atoms with van der Waals surface area (Å²) in [4.78, 5) is 11.9. The zero-order valence-electron chi connectivity index (χ0n) is 20.0. The molecular weight excluding hydrogens is 509 g/mol. The van der Waals surface area contributed by atoms with E-state index >= 15 is 0 Å². The lowest BCUT2D eigenvalue weighted by molar-refractivity contribution is -0.137. The highest BCUT2D eigenvalue weighted by Gasteiger charge is 2.32. The molecule has 1 atom stereocenters. The van der Waals surface area contributed by atoms with Gasteiger partial charge in [-0.05, 0) is 60.1 Å². The SMILES string of the molecule is CC(=O)NC(Cc1ccc(CN)cc1)c1nnc(-c2cc(C3CCCCC3)cc(C(F)(F)F)c2)s1.Cl. The van der Waals surface area contributed by atoms with Crippen LogP contribution >= 0.6 is 23.7 Å². The van der Waals surface area contributed by atoms with Gasteiger partial charge in [-0.25, -0.2) is 0 Å². The van der Waals surface area contributed by atoms with Gasteiger partial charge in [-0.3, -0.25) is 4.79 Å². The van der Waals surface area contributed by atoms with Gasteiger partial charge in [0, 0.05) is 19.0 Å². The average molecular weight is 539 g/mol. The van der Waals surface area contributed by atoms with Gasteiger partial charge in [0.25, 0.3) is 0 Å². The van der Waals surface area contributed by atoms with Crippen molar-refractivity contribution in [1.29, 1.82) is 0 Å². The number of nitrogens with one attached hydrogen (secondary N) is 1. The molecule has 0 bridgehead atoms. The van der Waals surface area contributed by atoms with E-state index < -0.39 is 17.8 Å². The summed E-state index contributed by atoms with van der Waals surface area (Å²) in [6, 6.07) is 11.6. The first-order chi connectivity index (χ1) is 16.7. The molecule has 4 rings (SSSR count). The maximum atomic E-state index is 13.7. The number of hydrogen-bond donors (Lipinski definition) is 2. The first-order valence-corrected chi connectivity index (χ1v) is 12.7. The summed E-state index contributed by atoms with van der Waals surface area (Å²) in [6.45, 7) is 1.87. The van der Waals surface area contributed by atoms with Crippen molar-refractivity contribution in [2.24, 2.45) is 5.73 Å². The Hall–Kier alpha value is -2.49. The Morgan fingerprint density at radius 3 is 2.36 bits per heavy atom. The van der Waals surface area contributed by atoms with Crippen LogP contribution < -0.4 is 11.1 Å². The first kappa shape index (κ1) is 28.1. The summed E-state index contributed by atoms with van der Waals surface area (Å²) in [7, 11) is 0. The highest BCUT2D eigenvalue weighted by atomic mass is 35.5. The van der Waals surface area contributed by atoms with E-state index in [4.69, 9.17) is 5.73 Å². The molecule has 36 heavy (non-hydrogen) atoms. The molecule has 2 aromatic carbocycles. The van der Waals surface area contributed by atoms with E-state index in [1.54, 1.807) is 0 Å². The van der Waals surface area contributed by atoms with Crippen molar-refractivity contribution >= 4 is 29.7 Å². The second kappa shape index (κ2) is 12.2. The maximum Gasteiger partial charge on any atom is 0.416 e. The van der Waals surface area contributed by atoms with Crippen molar-refractivity contribution in [3.05, 3.63) is 69.7 Å². The largest absolute Gasteiger partial charge is 0.416 e. The molecule has 3 aromatic rings. The van der Waals surface area contributed by atoms with E-state index in [0.717, 1.165) is 49.3 Å². The third kappa shape index (κ3) is 7.05. The molecule has 10 heteroatoms. The zero-order chi connectivity index (χ0) is 25.0. The molecule has 1 aliphatic carbocycles. The fourth-order valence-electron chi connectivity index (χ4n) is 4.60. The monoisotopic (exact) mass is 538 g/mol. The molecule has 1 aliphatic rings. The molecule has 3 N–H and O–H groups in total. The minimum atomic E-state index is -4.44. The normalized spacial score (nSPS) is 15.2. The van der Waals surface area contributed by atoms with Crippen LogP contribution in [0.5, 0.6) is 0 Å². The molecule has 1 fully saturated rings. The average Bonchev–Trinajstić information content (AvgIpc) is 3.34. The van der Waals surface area contributed by atoms with E-state index in [1.807, 2.05) is 30.3 Å². The van der Waals surface area contributed by atoms with Crippen molar-refractivity contribution in [1.82, 2.24) is 15.5 Å². The molecule has 0 saturated heterocycles. The summed E-state index contributed by atoms with van der Waals surface area (Å²) in [5, 5.41) is 12.4. The number of hydrogen-bond acceptors (Lipinski definition) is 5. The van der Waals surface area contributed by atoms with Crippen molar-refractivity contribution in [2.75, 3.05) is 0 Å². The molecular formula is C26H30ClF3N4OS. The van der Waals surface area contributed by atoms with Gasteiger partial charge in [0.15, 0.2) is 0 Å². The van der Waals surface area contributed by atoms with Crippen molar-refractivity contribution in [2.45, 2.75) is 70.1 Å². The van der Waals surface area contributed by atoms with Gasteiger partial charge in [0.05, 0.1) is 11.6 Å². The van der Waals surface area contributed by atoms with Crippen molar-refractivity contribution in [3.8, 4) is 10.6 Å². The Morgan fingerprint density at radius 1 is 1.08 bits per heavy atom. The fraction of sp³-hybridized carbons (Fsp3) is 0.423. The molecule has 0 spiro atoms. The van der Waals surface area contributed by atoms with Gasteiger partial charge in [0.1, 0.15) is 10.0 Å². The number of alkyl halides is 3. The lowest BCUT2D eigenvalue weighted by Crippen LogP contribution is -2.27. The Kier molecular flexibility index (Phi) is 9.49. The quantitative estimate of drug-likeness (QED) is 0.356. The zero-order valence-corrected chi connectivity index (χ0v) is 21.6. The second-order valence-corrected chi connectivity index (χ2v) is 10.1. The van der Waals surface area contributed by atoms with Crippen molar-refractivity contribution in [3.63, 3.8) is 0 Å². The molecule has 1 unspecified atom stereocenters. The number of amides is 1. The van der Waals surface area contributed by atoms with Crippen molar-refractivity contribution < 1.29 is 18.0 Å². The Morgan fingerprint density at radius 2 is 1.75 bits per heavy atom. The van der Waals surface area contributed by atoms with Crippen LogP contribution in [0.1, 0.15) is 78.2 Å². The van der Waals surface area contributed by atoms with Gasteiger partial charge in [0.2, 0.25) is 5.91 Å². The predicted molar refractivity (Wildman–Crippen MR) is 138 cm³/mol.